The SMILES string of the molecule is COC(=O)C1CCCCN1C(=O)C1CC2CCC1N2. The average molecular weight is 266 g/mol. The summed E-state index contributed by atoms with van der Waals surface area (Å²) < 4.78 is 4.85. The van der Waals surface area contributed by atoms with Crippen LogP contribution in [0.15, 0.2) is 0 Å². The van der Waals surface area contributed by atoms with Crippen LogP contribution in [0, 0.1) is 5.92 Å². The van der Waals surface area contributed by atoms with E-state index in [4.69, 9.17) is 4.74 Å². The summed E-state index contributed by atoms with van der Waals surface area (Å²) in [6.07, 6.45) is 5.96. The Morgan fingerprint density at radius 2 is 2.05 bits per heavy atom. The van der Waals surface area contributed by atoms with Crippen LogP contribution in [0.2, 0.25) is 0 Å². The number of rotatable bonds is 2. The summed E-state index contributed by atoms with van der Waals surface area (Å²) in [7, 11) is 1.40. The zero-order valence-corrected chi connectivity index (χ0v) is 11.4. The van der Waals surface area contributed by atoms with Gasteiger partial charge in [0, 0.05) is 18.6 Å². The Kier molecular flexibility index (Phi) is 3.48. The highest BCUT2D eigenvalue weighted by molar-refractivity contribution is 5.86. The van der Waals surface area contributed by atoms with Gasteiger partial charge in [0.25, 0.3) is 0 Å². The van der Waals surface area contributed by atoms with Crippen LogP contribution in [0.4, 0.5) is 0 Å². The predicted octanol–water partition coefficient (Wildman–Crippen LogP) is 0.681. The summed E-state index contributed by atoms with van der Waals surface area (Å²) >= 11 is 0. The van der Waals surface area contributed by atoms with Crippen molar-refractivity contribution in [3.63, 3.8) is 0 Å². The van der Waals surface area contributed by atoms with Crippen molar-refractivity contribution in [1.82, 2.24) is 10.2 Å². The van der Waals surface area contributed by atoms with E-state index >= 15 is 0 Å². The Balaban J connectivity index is 1.72. The quantitative estimate of drug-likeness (QED) is 0.747. The first-order valence-electron chi connectivity index (χ1n) is 7.35. The van der Waals surface area contributed by atoms with Crippen molar-refractivity contribution in [2.75, 3.05) is 13.7 Å². The van der Waals surface area contributed by atoms with Gasteiger partial charge in [0.1, 0.15) is 6.04 Å². The van der Waals surface area contributed by atoms with E-state index in [9.17, 15) is 9.59 Å². The molecule has 5 heteroatoms. The Morgan fingerprint density at radius 3 is 2.68 bits per heavy atom. The number of esters is 1. The molecule has 0 aliphatic carbocycles. The largest absolute Gasteiger partial charge is 0.467 e. The first kappa shape index (κ1) is 12.9. The second-order valence-electron chi connectivity index (χ2n) is 5.96. The van der Waals surface area contributed by atoms with Gasteiger partial charge < -0.3 is 15.0 Å². The third-order valence-corrected chi connectivity index (χ3v) is 4.88. The van der Waals surface area contributed by atoms with Gasteiger partial charge in [-0.2, -0.15) is 0 Å². The number of hydrogen-bond donors (Lipinski definition) is 1. The lowest BCUT2D eigenvalue weighted by atomic mass is 9.87. The summed E-state index contributed by atoms with van der Waals surface area (Å²) in [6, 6.07) is 0.489. The van der Waals surface area contributed by atoms with Crippen LogP contribution >= 0.6 is 0 Å². The third kappa shape index (κ3) is 2.24. The molecule has 4 unspecified atom stereocenters. The number of carbonyl (C=O) groups excluding carboxylic acids is 2. The van der Waals surface area contributed by atoms with E-state index in [0.29, 0.717) is 18.6 Å². The molecule has 4 atom stereocenters. The molecular formula is C14H22N2O3. The summed E-state index contributed by atoms with van der Waals surface area (Å²) in [5, 5.41) is 3.49. The van der Waals surface area contributed by atoms with Gasteiger partial charge in [0.05, 0.1) is 13.0 Å². The van der Waals surface area contributed by atoms with E-state index in [1.165, 1.54) is 13.5 Å². The van der Waals surface area contributed by atoms with E-state index in [1.54, 1.807) is 4.90 Å². The highest BCUT2D eigenvalue weighted by Gasteiger charge is 2.46. The molecule has 3 rings (SSSR count). The molecule has 106 valence electrons. The molecule has 3 fully saturated rings. The number of likely N-dealkylation sites (tertiary alicyclic amines) is 1. The zero-order chi connectivity index (χ0) is 13.4. The maximum atomic E-state index is 12.7. The Bertz CT molecular complexity index is 385. The fourth-order valence-electron chi connectivity index (χ4n) is 3.89. The third-order valence-electron chi connectivity index (χ3n) is 4.88. The van der Waals surface area contributed by atoms with E-state index in [0.717, 1.165) is 32.1 Å². The van der Waals surface area contributed by atoms with Gasteiger partial charge in [0.15, 0.2) is 0 Å². The van der Waals surface area contributed by atoms with Crippen molar-refractivity contribution < 1.29 is 14.3 Å². The van der Waals surface area contributed by atoms with Gasteiger partial charge in [-0.15, -0.1) is 0 Å². The summed E-state index contributed by atoms with van der Waals surface area (Å²) in [5.41, 5.74) is 0. The van der Waals surface area contributed by atoms with Crippen molar-refractivity contribution in [3.8, 4) is 0 Å². The number of hydrogen-bond acceptors (Lipinski definition) is 4. The zero-order valence-electron chi connectivity index (χ0n) is 11.4. The monoisotopic (exact) mass is 266 g/mol. The van der Waals surface area contributed by atoms with Crippen LogP contribution < -0.4 is 5.32 Å². The molecule has 1 amide bonds. The molecule has 19 heavy (non-hydrogen) atoms. The van der Waals surface area contributed by atoms with E-state index in [2.05, 4.69) is 5.32 Å². The van der Waals surface area contributed by atoms with Gasteiger partial charge in [-0.25, -0.2) is 4.79 Å². The van der Waals surface area contributed by atoms with E-state index < -0.39 is 0 Å². The van der Waals surface area contributed by atoms with Gasteiger partial charge in [-0.3, -0.25) is 4.79 Å². The highest BCUT2D eigenvalue weighted by atomic mass is 16.5. The van der Waals surface area contributed by atoms with Crippen molar-refractivity contribution in [2.45, 2.75) is 56.7 Å². The predicted molar refractivity (Wildman–Crippen MR) is 69.4 cm³/mol. The number of carbonyl (C=O) groups is 2. The average Bonchev–Trinajstić information content (AvgIpc) is 3.08. The van der Waals surface area contributed by atoms with E-state index in [-0.39, 0.29) is 23.8 Å². The van der Waals surface area contributed by atoms with Crippen LogP contribution in [-0.4, -0.2) is 48.6 Å². The lowest BCUT2D eigenvalue weighted by Crippen LogP contribution is -2.52. The van der Waals surface area contributed by atoms with Gasteiger partial charge in [0.2, 0.25) is 5.91 Å². The maximum Gasteiger partial charge on any atom is 0.328 e. The van der Waals surface area contributed by atoms with Crippen LogP contribution in [0.5, 0.6) is 0 Å². The minimum absolute atomic E-state index is 0.0732. The van der Waals surface area contributed by atoms with Gasteiger partial charge in [-0.05, 0) is 38.5 Å². The van der Waals surface area contributed by atoms with Crippen molar-refractivity contribution in [3.05, 3.63) is 0 Å². The van der Waals surface area contributed by atoms with Crippen LogP contribution in [0.25, 0.3) is 0 Å². The van der Waals surface area contributed by atoms with Crippen molar-refractivity contribution >= 4 is 11.9 Å². The van der Waals surface area contributed by atoms with Crippen LogP contribution in [-0.2, 0) is 14.3 Å². The molecular weight excluding hydrogens is 244 g/mol. The molecule has 5 nitrogen and oxygen atoms in total. The summed E-state index contributed by atoms with van der Waals surface area (Å²) in [4.78, 5) is 26.3. The number of methoxy groups -OCH3 is 1. The second kappa shape index (κ2) is 5.12. The molecule has 1 N–H and O–H groups in total. The molecule has 3 heterocycles. The minimum atomic E-state index is -0.356. The van der Waals surface area contributed by atoms with E-state index in [1.807, 2.05) is 0 Å². The molecule has 0 spiro atoms. The second-order valence-corrected chi connectivity index (χ2v) is 5.96. The number of nitrogens with zero attached hydrogens (tertiary/aromatic N) is 1. The molecule has 3 aliphatic rings. The first-order valence-corrected chi connectivity index (χ1v) is 7.35. The number of amides is 1. The first-order chi connectivity index (χ1) is 9.20. The van der Waals surface area contributed by atoms with Gasteiger partial charge in [-0.1, -0.05) is 0 Å². The van der Waals surface area contributed by atoms with Crippen LogP contribution in [0.1, 0.15) is 38.5 Å². The van der Waals surface area contributed by atoms with Crippen molar-refractivity contribution in [2.24, 2.45) is 5.92 Å². The normalized spacial score (nSPS) is 37.4. The fraction of sp³-hybridized carbons (Fsp3) is 0.857. The number of piperidine rings is 1. The molecule has 0 aromatic rings. The standard InChI is InChI=1S/C14H22N2O3/c1-19-14(18)12-4-2-3-7-16(12)13(17)10-8-9-5-6-11(10)15-9/h9-12,15H,2-8H2,1H3. The molecule has 3 saturated heterocycles. The van der Waals surface area contributed by atoms with Crippen molar-refractivity contribution in [1.29, 1.82) is 0 Å². The molecule has 0 aromatic carbocycles. The Hall–Kier alpha value is -1.10. The molecule has 3 aliphatic heterocycles. The topological polar surface area (TPSA) is 58.6 Å². The Labute approximate surface area is 113 Å². The maximum absolute atomic E-state index is 12.7. The molecule has 0 saturated carbocycles. The number of nitrogens with one attached hydrogen (secondary N) is 1. The lowest BCUT2D eigenvalue weighted by molar-refractivity contribution is -0.156. The highest BCUT2D eigenvalue weighted by Crippen LogP contribution is 2.35. The summed E-state index contributed by atoms with van der Waals surface area (Å²) in [5.74, 6) is -0.0250. The number of ether oxygens (including phenoxy) is 1. The lowest BCUT2D eigenvalue weighted by Gasteiger charge is -2.36. The number of fused-ring (bicyclic) bond motifs is 2. The minimum Gasteiger partial charge on any atom is -0.467 e. The fourth-order valence-corrected chi connectivity index (χ4v) is 3.89. The molecule has 2 bridgehead atoms. The smallest absolute Gasteiger partial charge is 0.328 e. The molecule has 0 aromatic heterocycles. The van der Waals surface area contributed by atoms with Crippen LogP contribution in [0.3, 0.4) is 0 Å². The Morgan fingerprint density at radius 1 is 1.21 bits per heavy atom. The molecule has 0 radical (unpaired) electrons. The van der Waals surface area contributed by atoms with Gasteiger partial charge >= 0.3 is 5.97 Å². The summed E-state index contributed by atoms with van der Waals surface area (Å²) in [6.45, 7) is 0.701.